The van der Waals surface area contributed by atoms with Gasteiger partial charge in [-0.1, -0.05) is 60.1 Å². The third kappa shape index (κ3) is 14.3. The molecular weight excluding hydrogens is 1200 g/mol. The van der Waals surface area contributed by atoms with Crippen LogP contribution in [0, 0.1) is 34.0 Å². The van der Waals surface area contributed by atoms with Crippen molar-refractivity contribution >= 4 is 106 Å². The van der Waals surface area contributed by atoms with Gasteiger partial charge in [0.1, 0.15) is 40.9 Å². The molecule has 3 aliphatic heterocycles. The normalized spacial score (nSPS) is 17.1. The molecule has 19 nitrogen and oxygen atoms in total. The minimum Gasteiger partial charge on any atom is -0.405 e. The predicted molar refractivity (Wildman–Crippen MR) is 352 cm³/mol. The average Bonchev–Trinajstić information content (AvgIpc) is 1.64. The van der Waals surface area contributed by atoms with Crippen LogP contribution < -0.4 is 5.46 Å². The van der Waals surface area contributed by atoms with Gasteiger partial charge in [0.2, 0.25) is 0 Å². The van der Waals surface area contributed by atoms with E-state index in [9.17, 15) is 10.5 Å². The molecule has 456 valence electrons. The Morgan fingerprint density at radius 2 is 0.933 bits per heavy atom. The molecule has 2 aromatic carbocycles. The Morgan fingerprint density at radius 1 is 0.517 bits per heavy atom. The van der Waals surface area contributed by atoms with Crippen LogP contribution in [0.4, 0.5) is 0 Å². The van der Waals surface area contributed by atoms with Gasteiger partial charge < -0.3 is 32.5 Å². The Labute approximate surface area is 537 Å². The monoisotopic (exact) mass is 1270 g/mol. The third-order valence-corrected chi connectivity index (χ3v) is 18.6. The number of halogens is 2. The fourth-order valence-electron chi connectivity index (χ4n) is 9.49. The van der Waals surface area contributed by atoms with Gasteiger partial charge in [-0.25, -0.2) is 24.9 Å². The lowest BCUT2D eigenvalue weighted by atomic mass is 9.49. The zero-order valence-corrected chi connectivity index (χ0v) is 55.6. The second kappa shape index (κ2) is 26.2. The first-order valence-corrected chi connectivity index (χ1v) is 31.3. The number of hydrogen-bond donors (Lipinski definition) is 0. The minimum absolute atomic E-state index is 0.307. The number of nitrogens with zero attached hydrogens (tertiary/aromatic N) is 13. The zero-order valence-electron chi connectivity index (χ0n) is 52.5. The Balaban J connectivity index is 0.000000135. The Bertz CT molecular complexity index is 4190. The summed E-state index contributed by atoms with van der Waals surface area (Å²) in [6.45, 7) is 24.2. The lowest BCUT2D eigenvalue weighted by molar-refractivity contribution is 0.00578. The van der Waals surface area contributed by atoms with Crippen LogP contribution in [-0.4, -0.2) is 104 Å². The van der Waals surface area contributed by atoms with Gasteiger partial charge in [0.25, 0.3) is 0 Å². The summed E-state index contributed by atoms with van der Waals surface area (Å²) in [6, 6.07) is 30.0. The van der Waals surface area contributed by atoms with Crippen LogP contribution in [-0.2, 0) is 61.4 Å². The van der Waals surface area contributed by atoms with E-state index < -0.39 is 32.3 Å². The van der Waals surface area contributed by atoms with E-state index in [0.717, 1.165) is 67.3 Å². The number of rotatable bonds is 7. The summed E-state index contributed by atoms with van der Waals surface area (Å²) in [4.78, 5) is 21.3. The molecule has 3 aliphatic rings. The lowest BCUT2D eigenvalue weighted by Gasteiger charge is -2.32. The maximum atomic E-state index is 9.23. The molecule has 26 heteroatoms. The lowest BCUT2D eigenvalue weighted by Crippen LogP contribution is -2.41. The Kier molecular flexibility index (Phi) is 19.5. The smallest absolute Gasteiger partial charge is 0.405 e. The zero-order chi connectivity index (χ0) is 64.4. The first kappa shape index (κ1) is 66.1. The topological polar surface area (TPSA) is 232 Å². The highest BCUT2D eigenvalue weighted by molar-refractivity contribution is 7.11. The summed E-state index contributed by atoms with van der Waals surface area (Å²) in [5.74, 6) is 0.567. The number of alkyl halides is 1. The van der Waals surface area contributed by atoms with Crippen molar-refractivity contribution in [3.63, 3.8) is 0 Å². The number of benzene rings is 2. The highest BCUT2D eigenvalue weighted by atomic mass is 35.5. The SMILES string of the molecule is CC1(C)OB(B2OC(C)(C)C(C)(C)O2)OC1(C)C.ClCc1ccc(-c2cscn2)cc1.Cn1ccc2c(Cc3ccc(-c4cscn4)cc3)cc(C#N)nc21.Cn1ncc2c(B3OC(C)(C)C(C)(C)O3)cc(C#N)nc21.Cn1ncc2c(Cl)cc(C#N)nc21. The third-order valence-electron chi connectivity index (χ3n) is 16.8. The largest absolute Gasteiger partial charge is 0.495 e. The van der Waals surface area contributed by atoms with Crippen molar-refractivity contribution in [1.82, 2.24) is 49.0 Å². The van der Waals surface area contributed by atoms with Crippen molar-refractivity contribution in [3.8, 4) is 40.7 Å². The van der Waals surface area contributed by atoms with Crippen LogP contribution in [0.5, 0.6) is 0 Å². The van der Waals surface area contributed by atoms with E-state index in [1.807, 2.05) is 159 Å². The molecule has 3 saturated heterocycles. The first-order valence-electron chi connectivity index (χ1n) is 28.5. The second-order valence-corrected chi connectivity index (χ2v) is 26.7. The molecule has 0 amide bonds. The van der Waals surface area contributed by atoms with Gasteiger partial charge >= 0.3 is 21.1 Å². The van der Waals surface area contributed by atoms with Gasteiger partial charge in [-0.3, -0.25) is 9.36 Å². The highest BCUT2D eigenvalue weighted by Crippen LogP contribution is 2.43. The average molecular weight is 1270 g/mol. The molecule has 0 unspecified atom stereocenters. The quantitative estimate of drug-likeness (QED) is 0.107. The summed E-state index contributed by atoms with van der Waals surface area (Å²) in [6.07, 6.45) is 6.11. The van der Waals surface area contributed by atoms with E-state index in [2.05, 4.69) is 77.6 Å². The van der Waals surface area contributed by atoms with Crippen LogP contribution in [0.2, 0.25) is 5.02 Å². The molecule has 0 spiro atoms. The molecule has 13 rings (SSSR count). The van der Waals surface area contributed by atoms with Gasteiger partial charge in [0.05, 0.1) is 78.8 Å². The maximum absolute atomic E-state index is 9.23. The number of hydrogen-bond acceptors (Lipinski definition) is 18. The van der Waals surface area contributed by atoms with Crippen molar-refractivity contribution in [2.75, 3.05) is 0 Å². The minimum atomic E-state index is -0.531. The summed E-state index contributed by atoms with van der Waals surface area (Å²) in [7, 11) is 4.02. The molecule has 0 saturated carbocycles. The molecule has 8 aromatic heterocycles. The van der Waals surface area contributed by atoms with Crippen LogP contribution in [0.25, 0.3) is 55.6 Å². The molecule has 3 fully saturated rings. The number of aryl methyl sites for hydroxylation is 3. The molecule has 0 atom stereocenters. The van der Waals surface area contributed by atoms with Crippen molar-refractivity contribution in [2.24, 2.45) is 21.1 Å². The van der Waals surface area contributed by atoms with Crippen LogP contribution >= 0.6 is 45.9 Å². The summed E-state index contributed by atoms with van der Waals surface area (Å²) < 4.78 is 41.2. The molecule has 89 heavy (non-hydrogen) atoms. The van der Waals surface area contributed by atoms with E-state index in [0.29, 0.717) is 39.3 Å². The number of nitriles is 3. The maximum Gasteiger partial charge on any atom is 0.495 e. The van der Waals surface area contributed by atoms with E-state index in [1.54, 1.807) is 64.6 Å². The van der Waals surface area contributed by atoms with Crippen molar-refractivity contribution in [3.05, 3.63) is 152 Å². The Morgan fingerprint density at radius 3 is 1.38 bits per heavy atom. The molecule has 11 heterocycles. The van der Waals surface area contributed by atoms with E-state index in [1.165, 1.54) is 11.6 Å². The number of fused-ring (bicyclic) bond motifs is 3. The second-order valence-electron chi connectivity index (χ2n) is 24.6. The van der Waals surface area contributed by atoms with E-state index >= 15 is 0 Å². The van der Waals surface area contributed by atoms with Gasteiger partial charge in [0, 0.05) is 65.9 Å². The Hall–Kier alpha value is -7.37. The number of thiazole rings is 2. The van der Waals surface area contributed by atoms with E-state index in [4.69, 9.17) is 56.4 Å². The van der Waals surface area contributed by atoms with E-state index in [-0.39, 0.29) is 22.4 Å². The standard InChI is InChI=1S/C19H14N4S.C14H17BN4O2.C12H24B2O4.C10H8ClNS.C8H5ClN4/c1-23-7-6-17-15(9-16(10-20)22-19(17)23)8-13-2-4-14(5-3-13)18-11-24-12-21-18;1-13(2)14(3,4)21-15(20-13)11-6-9(7-16)18-12-10(11)8-17-19(12)5;1-9(2)10(3,4)16-13(15-9)14-17-11(5,6)12(7,8)18-14;11-5-8-1-3-9(4-2-8)10-6-13-7-12-10;1-13-8-6(4-11-13)7(9)2-5(3-10)12-8/h2-7,9,11-12H,8H2,1H3;6,8H,1-5H3;1-8H3;1-4,6-7H,5H2;2,4H,1H3. The van der Waals surface area contributed by atoms with Crippen LogP contribution in [0.15, 0.2) is 113 Å². The molecule has 0 bridgehead atoms. The van der Waals surface area contributed by atoms with Gasteiger partial charge in [-0.2, -0.15) is 26.0 Å². The number of aromatic nitrogens is 10. The molecule has 0 aliphatic carbocycles. The van der Waals surface area contributed by atoms with Gasteiger partial charge in [-0.15, -0.1) is 34.3 Å². The highest BCUT2D eigenvalue weighted by Gasteiger charge is 2.64. The van der Waals surface area contributed by atoms with Crippen molar-refractivity contribution < 1.29 is 27.9 Å². The number of pyridine rings is 3. The van der Waals surface area contributed by atoms with Gasteiger partial charge in [0.15, 0.2) is 11.3 Å². The van der Waals surface area contributed by atoms with Gasteiger partial charge in [-0.05, 0) is 136 Å². The summed E-state index contributed by atoms with van der Waals surface area (Å²) >= 11 is 14.8. The van der Waals surface area contributed by atoms with Crippen LogP contribution in [0.1, 0.15) is 117 Å². The van der Waals surface area contributed by atoms with Crippen LogP contribution in [0.3, 0.4) is 0 Å². The molecular formula is C63H68B3Cl2N13O6S2. The fraction of sp³-hybridized carbons (Fsp3) is 0.365. The molecule has 0 N–H and O–H groups in total. The molecule has 10 aromatic rings. The van der Waals surface area contributed by atoms with Crippen molar-refractivity contribution in [2.45, 2.75) is 129 Å². The first-order chi connectivity index (χ1) is 42.0. The summed E-state index contributed by atoms with van der Waals surface area (Å²) in [5, 5.41) is 42.6. The van der Waals surface area contributed by atoms with Crippen molar-refractivity contribution in [1.29, 1.82) is 15.8 Å². The fourth-order valence-corrected chi connectivity index (χ4v) is 11.0. The summed E-state index contributed by atoms with van der Waals surface area (Å²) in [5.41, 5.74) is 13.2. The molecule has 0 radical (unpaired) electrons. The predicted octanol–water partition coefficient (Wildman–Crippen LogP) is 12.6.